The van der Waals surface area contributed by atoms with Gasteiger partial charge in [0.1, 0.15) is 11.9 Å². The van der Waals surface area contributed by atoms with Crippen LogP contribution in [0.15, 0.2) is 47.3 Å². The molecule has 0 amide bonds. The van der Waals surface area contributed by atoms with Gasteiger partial charge >= 0.3 is 0 Å². The lowest BCUT2D eigenvalue weighted by Gasteiger charge is -2.36. The summed E-state index contributed by atoms with van der Waals surface area (Å²) in [6.45, 7) is 8.45. The van der Waals surface area contributed by atoms with E-state index in [0.717, 1.165) is 53.5 Å². The SMILES string of the molecule is Cc1cc(C)c2[nH]c(=O)c(C(c3nnnn3Cc3ccc(F)cc3)N3CCC(C)CC3)cc2c1. The zero-order valence-electron chi connectivity index (χ0n) is 19.8. The highest BCUT2D eigenvalue weighted by Crippen LogP contribution is 2.31. The summed E-state index contributed by atoms with van der Waals surface area (Å²) in [7, 11) is 0. The number of H-pyrrole nitrogens is 1. The third kappa shape index (κ3) is 4.37. The molecule has 2 aromatic carbocycles. The van der Waals surface area contributed by atoms with Gasteiger partial charge in [-0.3, -0.25) is 9.69 Å². The summed E-state index contributed by atoms with van der Waals surface area (Å²) in [4.78, 5) is 18.8. The Hall–Kier alpha value is -3.39. The van der Waals surface area contributed by atoms with Gasteiger partial charge in [-0.1, -0.05) is 30.7 Å². The van der Waals surface area contributed by atoms with E-state index in [0.29, 0.717) is 23.9 Å². The van der Waals surface area contributed by atoms with Gasteiger partial charge in [-0.25, -0.2) is 9.07 Å². The Morgan fingerprint density at radius 3 is 2.59 bits per heavy atom. The molecular weight excluding hydrogens is 431 g/mol. The lowest BCUT2D eigenvalue weighted by molar-refractivity contribution is 0.149. The number of rotatable bonds is 5. The number of hydrogen-bond acceptors (Lipinski definition) is 5. The van der Waals surface area contributed by atoms with Crippen molar-refractivity contribution in [2.75, 3.05) is 13.1 Å². The molecule has 3 heterocycles. The molecule has 8 heteroatoms. The topological polar surface area (TPSA) is 79.7 Å². The fraction of sp³-hybridized carbons (Fsp3) is 0.385. The van der Waals surface area contributed by atoms with E-state index in [-0.39, 0.29) is 17.4 Å². The minimum absolute atomic E-state index is 0.126. The van der Waals surface area contributed by atoms with Crippen LogP contribution in [-0.2, 0) is 6.54 Å². The van der Waals surface area contributed by atoms with Crippen LogP contribution in [-0.4, -0.2) is 43.2 Å². The van der Waals surface area contributed by atoms with Crippen molar-refractivity contribution in [2.45, 2.75) is 46.2 Å². The summed E-state index contributed by atoms with van der Waals surface area (Å²) < 4.78 is 15.1. The first-order chi connectivity index (χ1) is 16.4. The van der Waals surface area contributed by atoms with E-state index in [9.17, 15) is 9.18 Å². The summed E-state index contributed by atoms with van der Waals surface area (Å²) in [5, 5.41) is 13.6. The summed E-state index contributed by atoms with van der Waals surface area (Å²) >= 11 is 0. The number of halogens is 1. The first-order valence-electron chi connectivity index (χ1n) is 11.8. The fourth-order valence-electron chi connectivity index (χ4n) is 4.98. The molecule has 0 spiro atoms. The molecule has 0 bridgehead atoms. The minimum Gasteiger partial charge on any atom is -0.321 e. The van der Waals surface area contributed by atoms with E-state index in [1.54, 1.807) is 16.8 Å². The molecule has 5 rings (SSSR count). The summed E-state index contributed by atoms with van der Waals surface area (Å²) in [5.41, 5.74) is 4.45. The van der Waals surface area contributed by atoms with Crippen LogP contribution in [0.5, 0.6) is 0 Å². The van der Waals surface area contributed by atoms with Crippen LogP contribution in [0.4, 0.5) is 4.39 Å². The lowest BCUT2D eigenvalue weighted by Crippen LogP contribution is -2.40. The van der Waals surface area contributed by atoms with Crippen LogP contribution in [0.25, 0.3) is 10.9 Å². The van der Waals surface area contributed by atoms with Crippen molar-refractivity contribution < 1.29 is 4.39 Å². The molecule has 1 N–H and O–H groups in total. The summed E-state index contributed by atoms with van der Waals surface area (Å²) in [6.07, 6.45) is 2.11. The maximum atomic E-state index is 13.4. The van der Waals surface area contributed by atoms with Crippen molar-refractivity contribution in [3.63, 3.8) is 0 Å². The number of nitrogens with one attached hydrogen (secondary N) is 1. The molecule has 176 valence electrons. The summed E-state index contributed by atoms with van der Waals surface area (Å²) in [5.74, 6) is 0.981. The predicted molar refractivity (Wildman–Crippen MR) is 129 cm³/mol. The lowest BCUT2D eigenvalue weighted by atomic mass is 9.95. The van der Waals surface area contributed by atoms with Crippen molar-refractivity contribution in [2.24, 2.45) is 5.92 Å². The van der Waals surface area contributed by atoms with Crippen LogP contribution in [0.3, 0.4) is 0 Å². The highest BCUT2D eigenvalue weighted by atomic mass is 19.1. The van der Waals surface area contributed by atoms with E-state index in [4.69, 9.17) is 0 Å². The number of aryl methyl sites for hydroxylation is 2. The molecule has 1 atom stereocenters. The molecule has 1 aliphatic heterocycles. The van der Waals surface area contributed by atoms with Crippen molar-refractivity contribution in [3.8, 4) is 0 Å². The average Bonchev–Trinajstić information content (AvgIpc) is 3.25. The number of likely N-dealkylation sites (tertiary alicyclic amines) is 1. The van der Waals surface area contributed by atoms with Gasteiger partial charge in [-0.2, -0.15) is 0 Å². The third-order valence-electron chi connectivity index (χ3n) is 6.85. The maximum Gasteiger partial charge on any atom is 0.253 e. The van der Waals surface area contributed by atoms with Crippen LogP contribution >= 0.6 is 0 Å². The first-order valence-corrected chi connectivity index (χ1v) is 11.8. The highest BCUT2D eigenvalue weighted by molar-refractivity contribution is 5.83. The molecule has 7 nitrogen and oxygen atoms in total. The van der Waals surface area contributed by atoms with Crippen LogP contribution in [0, 0.1) is 25.6 Å². The Morgan fingerprint density at radius 2 is 1.85 bits per heavy atom. The fourth-order valence-corrected chi connectivity index (χ4v) is 4.98. The second-order valence-electron chi connectivity index (χ2n) is 9.54. The zero-order chi connectivity index (χ0) is 23.8. The van der Waals surface area contributed by atoms with E-state index < -0.39 is 0 Å². The van der Waals surface area contributed by atoms with Gasteiger partial charge < -0.3 is 4.98 Å². The molecule has 34 heavy (non-hydrogen) atoms. The zero-order valence-corrected chi connectivity index (χ0v) is 19.8. The monoisotopic (exact) mass is 460 g/mol. The Kier molecular flexibility index (Phi) is 6.00. The normalized spacial score (nSPS) is 16.2. The minimum atomic E-state index is -0.378. The second kappa shape index (κ2) is 9.10. The highest BCUT2D eigenvalue weighted by Gasteiger charge is 2.32. The van der Waals surface area contributed by atoms with Crippen molar-refractivity contribution in [1.82, 2.24) is 30.1 Å². The molecule has 2 aromatic heterocycles. The molecule has 1 aliphatic rings. The number of nitrogens with zero attached hydrogens (tertiary/aromatic N) is 5. The third-order valence-corrected chi connectivity index (χ3v) is 6.85. The van der Waals surface area contributed by atoms with Gasteiger partial charge in [0.15, 0.2) is 5.82 Å². The Balaban J connectivity index is 1.62. The number of aromatic amines is 1. The van der Waals surface area contributed by atoms with Crippen molar-refractivity contribution in [1.29, 1.82) is 0 Å². The molecular formula is C26H29FN6O. The molecule has 4 aromatic rings. The number of hydrogen-bond donors (Lipinski definition) is 1. The van der Waals surface area contributed by atoms with Crippen molar-refractivity contribution in [3.05, 3.63) is 86.7 Å². The average molecular weight is 461 g/mol. The van der Waals surface area contributed by atoms with E-state index >= 15 is 0 Å². The Bertz CT molecular complexity index is 1370. The number of fused-ring (bicyclic) bond motifs is 1. The molecule has 1 unspecified atom stereocenters. The number of pyridine rings is 1. The molecule has 0 aliphatic carbocycles. The van der Waals surface area contributed by atoms with Gasteiger partial charge in [0.05, 0.1) is 12.1 Å². The van der Waals surface area contributed by atoms with Gasteiger partial charge in [-0.05, 0) is 96.9 Å². The second-order valence-corrected chi connectivity index (χ2v) is 9.54. The molecule has 1 saturated heterocycles. The molecule has 0 radical (unpaired) electrons. The van der Waals surface area contributed by atoms with E-state index in [2.05, 4.69) is 51.4 Å². The quantitative estimate of drug-likeness (QED) is 0.484. The van der Waals surface area contributed by atoms with Gasteiger partial charge in [0.25, 0.3) is 5.56 Å². The Labute approximate surface area is 197 Å². The maximum absolute atomic E-state index is 13.4. The smallest absolute Gasteiger partial charge is 0.253 e. The predicted octanol–water partition coefficient (Wildman–Crippen LogP) is 4.14. The largest absolute Gasteiger partial charge is 0.321 e. The van der Waals surface area contributed by atoms with E-state index in [1.165, 1.54) is 12.1 Å². The van der Waals surface area contributed by atoms with Crippen LogP contribution in [0.2, 0.25) is 0 Å². The number of tetrazole rings is 1. The summed E-state index contributed by atoms with van der Waals surface area (Å²) in [6, 6.07) is 12.1. The Morgan fingerprint density at radius 1 is 1.12 bits per heavy atom. The number of piperidine rings is 1. The van der Waals surface area contributed by atoms with E-state index in [1.807, 2.05) is 13.0 Å². The van der Waals surface area contributed by atoms with Crippen LogP contribution < -0.4 is 5.56 Å². The van der Waals surface area contributed by atoms with Crippen LogP contribution in [0.1, 0.15) is 53.9 Å². The first kappa shape index (κ1) is 22.4. The standard InChI is InChI=1S/C26H29FN6O/c1-16-8-10-32(11-9-16)24(22-14-20-13-17(2)12-18(3)23(20)28-26(22)34)25-29-30-31-33(25)15-19-4-6-21(27)7-5-19/h4-7,12-14,16,24H,8-11,15H2,1-3H3,(H,28,34). The van der Waals surface area contributed by atoms with Crippen molar-refractivity contribution >= 4 is 10.9 Å². The number of benzene rings is 2. The van der Waals surface area contributed by atoms with Gasteiger partial charge in [0.2, 0.25) is 0 Å². The number of aromatic nitrogens is 5. The van der Waals surface area contributed by atoms with Gasteiger partial charge in [0, 0.05) is 5.56 Å². The molecule has 0 saturated carbocycles. The van der Waals surface area contributed by atoms with Gasteiger partial charge in [-0.15, -0.1) is 5.10 Å². The molecule has 1 fully saturated rings.